The third-order valence-corrected chi connectivity index (χ3v) is 6.30. The lowest BCUT2D eigenvalue weighted by Crippen LogP contribution is -2.39. The van der Waals surface area contributed by atoms with Crippen LogP contribution in [-0.4, -0.2) is 85.6 Å². The van der Waals surface area contributed by atoms with Crippen LogP contribution in [0.5, 0.6) is 0 Å². The standard InChI is InChI=1S/C14H21N6O7P/c15-12-9-13(17-6-16-12)20(7-18-9)14-11(22)10(21)8(27-14)5-26-28(23,24)19-1-3-25-4-2-19/h6-8,10-11,14,21-22H,1-5H2,(H,23,24)(H2,15,16,17)/p-1/t8-,10-,11-,14-/m1/s1. The molecule has 2 fully saturated rings. The normalized spacial score (nSPS) is 31.2. The number of aliphatic hydroxyl groups excluding tert-OH is 2. The van der Waals surface area contributed by atoms with Gasteiger partial charge in [0.2, 0.25) is 7.75 Å². The fourth-order valence-electron chi connectivity index (χ4n) is 3.20. The zero-order valence-electron chi connectivity index (χ0n) is 14.7. The maximum absolute atomic E-state index is 12.3. The highest BCUT2D eigenvalue weighted by Crippen LogP contribution is 2.43. The van der Waals surface area contributed by atoms with Gasteiger partial charge >= 0.3 is 0 Å². The van der Waals surface area contributed by atoms with Crippen molar-refractivity contribution in [2.75, 3.05) is 38.6 Å². The highest BCUT2D eigenvalue weighted by molar-refractivity contribution is 7.48. The van der Waals surface area contributed by atoms with Crippen LogP contribution in [0.1, 0.15) is 6.23 Å². The van der Waals surface area contributed by atoms with E-state index in [1.807, 2.05) is 0 Å². The van der Waals surface area contributed by atoms with Crippen LogP contribution in [0.25, 0.3) is 11.2 Å². The molecule has 4 rings (SSSR count). The molecule has 5 atom stereocenters. The average Bonchev–Trinajstić information content (AvgIpc) is 3.24. The summed E-state index contributed by atoms with van der Waals surface area (Å²) in [5.74, 6) is 0.162. The largest absolute Gasteiger partial charge is 0.766 e. The van der Waals surface area contributed by atoms with E-state index in [4.69, 9.17) is 19.7 Å². The van der Waals surface area contributed by atoms with Gasteiger partial charge in [0.1, 0.15) is 30.2 Å². The molecule has 2 saturated heterocycles. The second-order valence-electron chi connectivity index (χ2n) is 6.46. The first-order chi connectivity index (χ1) is 13.4. The highest BCUT2D eigenvalue weighted by atomic mass is 31.2. The van der Waals surface area contributed by atoms with Crippen LogP contribution >= 0.6 is 7.75 Å². The number of hydrogen-bond donors (Lipinski definition) is 3. The van der Waals surface area contributed by atoms with Gasteiger partial charge < -0.3 is 34.8 Å². The van der Waals surface area contributed by atoms with Gasteiger partial charge in [-0.3, -0.25) is 9.13 Å². The molecule has 0 radical (unpaired) electrons. The molecule has 0 spiro atoms. The number of aromatic nitrogens is 4. The first kappa shape index (κ1) is 19.6. The van der Waals surface area contributed by atoms with Gasteiger partial charge in [0.25, 0.3) is 0 Å². The molecular formula is C14H20N6O7P-. The molecule has 2 aliphatic heterocycles. The van der Waals surface area contributed by atoms with E-state index in [1.165, 1.54) is 21.9 Å². The van der Waals surface area contributed by atoms with Gasteiger partial charge in [0.05, 0.1) is 26.1 Å². The van der Waals surface area contributed by atoms with Crippen molar-refractivity contribution in [3.05, 3.63) is 12.7 Å². The molecule has 14 heteroatoms. The van der Waals surface area contributed by atoms with Crippen molar-refractivity contribution in [3.63, 3.8) is 0 Å². The van der Waals surface area contributed by atoms with E-state index in [2.05, 4.69) is 15.0 Å². The van der Waals surface area contributed by atoms with E-state index in [9.17, 15) is 19.7 Å². The van der Waals surface area contributed by atoms with Crippen LogP contribution in [-0.2, 0) is 18.6 Å². The minimum absolute atomic E-state index is 0.162. The van der Waals surface area contributed by atoms with Crippen LogP contribution in [0.2, 0.25) is 0 Å². The number of morpholine rings is 1. The number of hydrogen-bond acceptors (Lipinski definition) is 11. The molecule has 0 aliphatic carbocycles. The Morgan fingerprint density at radius 3 is 2.79 bits per heavy atom. The minimum Gasteiger partial charge on any atom is -0.766 e. The van der Waals surface area contributed by atoms with Crippen molar-refractivity contribution in [3.8, 4) is 0 Å². The highest BCUT2D eigenvalue weighted by Gasteiger charge is 2.45. The Labute approximate surface area is 159 Å². The predicted molar refractivity (Wildman–Crippen MR) is 91.6 cm³/mol. The molecule has 4 N–H and O–H groups in total. The third kappa shape index (κ3) is 3.51. The van der Waals surface area contributed by atoms with Gasteiger partial charge in [-0.25, -0.2) is 19.6 Å². The number of nitrogen functional groups attached to an aromatic ring is 1. The fraction of sp³-hybridized carbons (Fsp3) is 0.643. The van der Waals surface area contributed by atoms with Gasteiger partial charge in [-0.05, 0) is 0 Å². The van der Waals surface area contributed by atoms with E-state index in [0.717, 1.165) is 0 Å². The Balaban J connectivity index is 1.47. The van der Waals surface area contributed by atoms with Gasteiger partial charge in [0, 0.05) is 13.1 Å². The second-order valence-corrected chi connectivity index (χ2v) is 8.22. The number of nitrogens with two attached hydrogens (primary N) is 1. The summed E-state index contributed by atoms with van der Waals surface area (Å²) in [6, 6.07) is 0. The first-order valence-electron chi connectivity index (χ1n) is 8.62. The number of ether oxygens (including phenoxy) is 2. The Kier molecular flexibility index (Phi) is 5.33. The maximum Gasteiger partial charge on any atom is 0.207 e. The summed E-state index contributed by atoms with van der Waals surface area (Å²) in [6.45, 7) is 0.524. The summed E-state index contributed by atoms with van der Waals surface area (Å²) >= 11 is 0. The molecular weight excluding hydrogens is 395 g/mol. The van der Waals surface area contributed by atoms with Gasteiger partial charge in [-0.15, -0.1) is 0 Å². The van der Waals surface area contributed by atoms with Crippen molar-refractivity contribution >= 4 is 24.7 Å². The van der Waals surface area contributed by atoms with Crippen molar-refractivity contribution in [2.24, 2.45) is 0 Å². The Morgan fingerprint density at radius 1 is 1.29 bits per heavy atom. The Morgan fingerprint density at radius 2 is 2.04 bits per heavy atom. The smallest absolute Gasteiger partial charge is 0.207 e. The monoisotopic (exact) mass is 415 g/mol. The average molecular weight is 415 g/mol. The number of anilines is 1. The number of imidazole rings is 1. The molecule has 2 aromatic rings. The lowest BCUT2D eigenvalue weighted by molar-refractivity contribution is -0.218. The fourth-order valence-corrected chi connectivity index (χ4v) is 4.35. The molecule has 0 saturated carbocycles. The van der Waals surface area contributed by atoms with Crippen LogP contribution in [0.4, 0.5) is 5.82 Å². The molecule has 0 bridgehead atoms. The molecule has 2 aromatic heterocycles. The summed E-state index contributed by atoms with van der Waals surface area (Å²) in [7, 11) is -4.32. The van der Waals surface area contributed by atoms with Crippen molar-refractivity contribution in [1.29, 1.82) is 0 Å². The number of rotatable bonds is 5. The Bertz CT molecular complexity index is 890. The van der Waals surface area contributed by atoms with Crippen LogP contribution in [0.3, 0.4) is 0 Å². The van der Waals surface area contributed by atoms with Gasteiger partial charge in [-0.1, -0.05) is 0 Å². The van der Waals surface area contributed by atoms with Crippen molar-refractivity contribution in [1.82, 2.24) is 24.2 Å². The van der Waals surface area contributed by atoms with E-state index in [1.54, 1.807) is 0 Å². The molecule has 154 valence electrons. The van der Waals surface area contributed by atoms with E-state index < -0.39 is 38.9 Å². The number of nitrogens with zero attached hydrogens (tertiary/aromatic N) is 5. The van der Waals surface area contributed by atoms with E-state index in [-0.39, 0.29) is 32.1 Å². The van der Waals surface area contributed by atoms with Crippen LogP contribution in [0.15, 0.2) is 12.7 Å². The van der Waals surface area contributed by atoms with Crippen molar-refractivity contribution in [2.45, 2.75) is 24.5 Å². The third-order valence-electron chi connectivity index (χ3n) is 4.73. The summed E-state index contributed by atoms with van der Waals surface area (Å²) in [5.41, 5.74) is 6.38. The first-order valence-corrected chi connectivity index (χ1v) is 10.1. The SMILES string of the molecule is Nc1ncnc2c1ncn2[C@@H]1O[C@H](COP(=O)([O-])N2CCOCC2)[C@@H](O)[C@H]1O. The molecule has 4 heterocycles. The molecule has 13 nitrogen and oxygen atoms in total. The molecule has 0 amide bonds. The quantitative estimate of drug-likeness (QED) is 0.451. The Hall–Kier alpha value is -1.70. The molecule has 28 heavy (non-hydrogen) atoms. The second kappa shape index (κ2) is 7.61. The minimum atomic E-state index is -4.32. The lowest BCUT2D eigenvalue weighted by Gasteiger charge is -2.37. The zero-order valence-corrected chi connectivity index (χ0v) is 15.6. The zero-order chi connectivity index (χ0) is 19.9. The maximum atomic E-state index is 12.3. The summed E-state index contributed by atoms with van der Waals surface area (Å²) in [5, 5.41) is 20.7. The lowest BCUT2D eigenvalue weighted by atomic mass is 10.1. The topological polar surface area (TPSA) is 181 Å². The number of fused-ring (bicyclic) bond motifs is 1. The summed E-state index contributed by atoms with van der Waals surface area (Å²) in [4.78, 5) is 24.3. The molecule has 1 unspecified atom stereocenters. The van der Waals surface area contributed by atoms with Crippen molar-refractivity contribution < 1.29 is 33.7 Å². The van der Waals surface area contributed by atoms with Gasteiger partial charge in [0.15, 0.2) is 17.7 Å². The molecule has 2 aliphatic rings. The van der Waals surface area contributed by atoms with Gasteiger partial charge in [-0.2, -0.15) is 0 Å². The summed E-state index contributed by atoms with van der Waals surface area (Å²) in [6.07, 6.45) is -2.24. The number of aliphatic hydroxyl groups is 2. The van der Waals surface area contributed by atoms with E-state index >= 15 is 0 Å². The van der Waals surface area contributed by atoms with E-state index in [0.29, 0.717) is 11.2 Å². The predicted octanol–water partition coefficient (Wildman–Crippen LogP) is -2.16. The van der Waals surface area contributed by atoms with Crippen LogP contribution in [0, 0.1) is 0 Å². The summed E-state index contributed by atoms with van der Waals surface area (Å²) < 4.78 is 30.7. The molecule has 0 aromatic carbocycles. The van der Waals surface area contributed by atoms with Crippen LogP contribution < -0.4 is 10.6 Å².